The molecule has 1 fully saturated rings. The summed E-state index contributed by atoms with van der Waals surface area (Å²) in [5, 5.41) is 0. The minimum Gasteiger partial charge on any atom is -0.483 e. The maximum atomic E-state index is 12.3. The van der Waals surface area contributed by atoms with Gasteiger partial charge in [0.1, 0.15) is 5.75 Å². The van der Waals surface area contributed by atoms with E-state index in [9.17, 15) is 13.2 Å². The highest BCUT2D eigenvalue weighted by Gasteiger charge is 2.22. The zero-order valence-corrected chi connectivity index (χ0v) is 16.9. The van der Waals surface area contributed by atoms with Gasteiger partial charge in [0, 0.05) is 6.54 Å². The zero-order valence-electron chi connectivity index (χ0n) is 16.0. The molecule has 26 heavy (non-hydrogen) atoms. The van der Waals surface area contributed by atoms with Gasteiger partial charge < -0.3 is 14.5 Å². The second-order valence-corrected chi connectivity index (χ2v) is 9.07. The van der Waals surface area contributed by atoms with E-state index in [1.807, 2.05) is 18.7 Å². The fourth-order valence-corrected chi connectivity index (χ4v) is 3.98. The van der Waals surface area contributed by atoms with Gasteiger partial charge in [0.15, 0.2) is 6.61 Å². The van der Waals surface area contributed by atoms with Crippen molar-refractivity contribution in [1.82, 2.24) is 9.62 Å². The minimum atomic E-state index is -3.53. The number of piperazine rings is 1. The topological polar surface area (TPSA) is 80.1 Å². The van der Waals surface area contributed by atoms with Crippen LogP contribution in [-0.4, -0.2) is 65.6 Å². The molecule has 1 aromatic rings. The van der Waals surface area contributed by atoms with Gasteiger partial charge in [-0.3, -0.25) is 4.79 Å². The van der Waals surface area contributed by atoms with Crippen LogP contribution >= 0.6 is 0 Å². The van der Waals surface area contributed by atoms with Gasteiger partial charge in [-0.25, -0.2) is 13.1 Å². The quantitative estimate of drug-likeness (QED) is 0.674. The Hall–Kier alpha value is -1.64. The molecule has 7 nitrogen and oxygen atoms in total. The number of ether oxygens (including phenoxy) is 1. The number of rotatable bonds is 7. The van der Waals surface area contributed by atoms with Gasteiger partial charge in [-0.05, 0) is 36.6 Å². The number of sulfonamides is 1. The lowest BCUT2D eigenvalue weighted by Gasteiger charge is -2.30. The molecule has 2 N–H and O–H groups in total. The van der Waals surface area contributed by atoms with E-state index in [0.29, 0.717) is 17.9 Å². The number of aryl methyl sites for hydroxylation is 1. The predicted molar refractivity (Wildman–Crippen MR) is 99.9 cm³/mol. The lowest BCUT2D eigenvalue weighted by molar-refractivity contribution is -0.883. The number of benzene rings is 1. The van der Waals surface area contributed by atoms with E-state index < -0.39 is 10.0 Å². The summed E-state index contributed by atoms with van der Waals surface area (Å²) < 4.78 is 32.8. The van der Waals surface area contributed by atoms with E-state index in [1.54, 1.807) is 19.1 Å². The van der Waals surface area contributed by atoms with Crippen LogP contribution in [0.1, 0.15) is 19.4 Å². The fraction of sp³-hybridized carbons (Fsp3) is 0.611. The van der Waals surface area contributed by atoms with Crippen LogP contribution in [0.4, 0.5) is 0 Å². The Morgan fingerprint density at radius 3 is 2.54 bits per heavy atom. The molecule has 0 radical (unpaired) electrons. The molecule has 1 aliphatic heterocycles. The predicted octanol–water partition coefficient (Wildman–Crippen LogP) is -0.335. The molecule has 1 aliphatic rings. The first-order chi connectivity index (χ1) is 12.2. The van der Waals surface area contributed by atoms with Crippen molar-refractivity contribution in [2.45, 2.75) is 25.7 Å². The number of carbonyl (C=O) groups is 1. The maximum Gasteiger partial charge on any atom is 0.260 e. The summed E-state index contributed by atoms with van der Waals surface area (Å²) >= 11 is 0. The molecule has 0 atom stereocenters. The number of likely N-dealkylation sites (N-methyl/N-ethyl adjacent to an activating group) is 1. The van der Waals surface area contributed by atoms with Crippen LogP contribution < -0.4 is 14.4 Å². The van der Waals surface area contributed by atoms with Crippen LogP contribution in [0.15, 0.2) is 23.1 Å². The van der Waals surface area contributed by atoms with Crippen molar-refractivity contribution in [3.8, 4) is 5.75 Å². The molecule has 2 rings (SSSR count). The van der Waals surface area contributed by atoms with Gasteiger partial charge in [-0.1, -0.05) is 13.8 Å². The summed E-state index contributed by atoms with van der Waals surface area (Å²) in [6.45, 7) is 9.41. The molecular formula is C18H30N3O4S+. The average molecular weight is 385 g/mol. The Balaban J connectivity index is 1.96. The van der Waals surface area contributed by atoms with E-state index in [1.165, 1.54) is 11.0 Å². The van der Waals surface area contributed by atoms with E-state index in [-0.39, 0.29) is 23.3 Å². The normalized spacial score (nSPS) is 16.1. The second-order valence-electron chi connectivity index (χ2n) is 7.30. The molecular weight excluding hydrogens is 354 g/mol. The Morgan fingerprint density at radius 1 is 1.31 bits per heavy atom. The number of hydrogen-bond donors (Lipinski definition) is 2. The zero-order chi connectivity index (χ0) is 19.3. The van der Waals surface area contributed by atoms with E-state index >= 15 is 0 Å². The second kappa shape index (κ2) is 8.83. The van der Waals surface area contributed by atoms with Crippen molar-refractivity contribution >= 4 is 15.9 Å². The molecule has 0 saturated carbocycles. The molecule has 1 heterocycles. The molecule has 8 heteroatoms. The van der Waals surface area contributed by atoms with Gasteiger partial charge in [-0.15, -0.1) is 0 Å². The Labute approximate surface area is 156 Å². The number of quaternary nitrogens is 1. The summed E-state index contributed by atoms with van der Waals surface area (Å²) in [5.74, 6) is 0.726. The lowest BCUT2D eigenvalue weighted by atomic mass is 10.2. The van der Waals surface area contributed by atoms with E-state index in [2.05, 4.69) is 11.8 Å². The highest BCUT2D eigenvalue weighted by atomic mass is 32.2. The summed E-state index contributed by atoms with van der Waals surface area (Å²) in [6, 6.07) is 4.69. The molecule has 146 valence electrons. The highest BCUT2D eigenvalue weighted by Crippen LogP contribution is 2.22. The van der Waals surface area contributed by atoms with Crippen LogP contribution in [-0.2, 0) is 14.8 Å². The summed E-state index contributed by atoms with van der Waals surface area (Å²) in [4.78, 5) is 15.7. The van der Waals surface area contributed by atoms with Crippen LogP contribution in [0.25, 0.3) is 0 Å². The number of hydrogen-bond acceptors (Lipinski definition) is 4. The Bertz CT molecular complexity index is 726. The molecule has 1 aromatic carbocycles. The first-order valence-corrected chi connectivity index (χ1v) is 10.5. The van der Waals surface area contributed by atoms with Crippen LogP contribution in [0, 0.1) is 12.8 Å². The SMILES string of the molecule is Cc1cc(S(=O)(=O)NCC(C)C)ccc1OCC(=O)N1CC[NH+](C)CC1. The fourth-order valence-electron chi connectivity index (χ4n) is 2.68. The van der Waals surface area contributed by atoms with Gasteiger partial charge in [-0.2, -0.15) is 0 Å². The van der Waals surface area contributed by atoms with Gasteiger partial charge in [0.05, 0.1) is 38.1 Å². The van der Waals surface area contributed by atoms with Crippen molar-refractivity contribution < 1.29 is 22.8 Å². The van der Waals surface area contributed by atoms with Crippen molar-refractivity contribution in [2.24, 2.45) is 5.92 Å². The first-order valence-electron chi connectivity index (χ1n) is 9.01. The van der Waals surface area contributed by atoms with Crippen molar-refractivity contribution in [1.29, 1.82) is 0 Å². The van der Waals surface area contributed by atoms with Crippen molar-refractivity contribution in [3.63, 3.8) is 0 Å². The Morgan fingerprint density at radius 2 is 1.96 bits per heavy atom. The number of nitrogens with zero attached hydrogens (tertiary/aromatic N) is 1. The standard InChI is InChI=1S/C18H29N3O4S/c1-14(2)12-19-26(23,24)16-5-6-17(15(3)11-16)25-13-18(22)21-9-7-20(4)8-10-21/h5-6,11,14,19H,7-10,12-13H2,1-4H3/p+1. The summed E-state index contributed by atoms with van der Waals surface area (Å²) in [7, 11) is -1.41. The largest absolute Gasteiger partial charge is 0.483 e. The molecule has 0 aromatic heterocycles. The third kappa shape index (κ3) is 5.69. The molecule has 0 bridgehead atoms. The monoisotopic (exact) mass is 384 g/mol. The van der Waals surface area contributed by atoms with E-state index in [0.717, 1.165) is 26.2 Å². The molecule has 1 saturated heterocycles. The van der Waals surface area contributed by atoms with Crippen LogP contribution in [0.3, 0.4) is 0 Å². The number of amides is 1. The number of carbonyl (C=O) groups excluding carboxylic acids is 1. The van der Waals surface area contributed by atoms with Gasteiger partial charge in [0.25, 0.3) is 5.91 Å². The Kier molecular flexibility index (Phi) is 7.02. The summed E-state index contributed by atoms with van der Waals surface area (Å²) in [5.41, 5.74) is 0.688. The first kappa shape index (κ1) is 20.7. The number of nitrogens with one attached hydrogen (secondary N) is 2. The van der Waals surface area contributed by atoms with Crippen molar-refractivity contribution in [3.05, 3.63) is 23.8 Å². The smallest absolute Gasteiger partial charge is 0.260 e. The third-order valence-corrected chi connectivity index (χ3v) is 5.88. The molecule has 0 spiro atoms. The van der Waals surface area contributed by atoms with Gasteiger partial charge >= 0.3 is 0 Å². The summed E-state index contributed by atoms with van der Waals surface area (Å²) in [6.07, 6.45) is 0. The van der Waals surface area contributed by atoms with Crippen LogP contribution in [0.2, 0.25) is 0 Å². The highest BCUT2D eigenvalue weighted by molar-refractivity contribution is 7.89. The maximum absolute atomic E-state index is 12.3. The molecule has 0 aliphatic carbocycles. The molecule has 1 amide bonds. The minimum absolute atomic E-state index is 0.0302. The van der Waals surface area contributed by atoms with Crippen LogP contribution in [0.5, 0.6) is 5.75 Å². The lowest BCUT2D eigenvalue weighted by Crippen LogP contribution is -3.12. The molecule has 0 unspecified atom stereocenters. The average Bonchev–Trinajstić information content (AvgIpc) is 2.59. The van der Waals surface area contributed by atoms with Crippen molar-refractivity contribution in [2.75, 3.05) is 46.4 Å². The van der Waals surface area contributed by atoms with Gasteiger partial charge in [0.2, 0.25) is 10.0 Å². The van der Waals surface area contributed by atoms with E-state index in [4.69, 9.17) is 4.74 Å². The third-order valence-electron chi connectivity index (χ3n) is 4.46.